The Bertz CT molecular complexity index is 463. The molecule has 0 fully saturated rings. The summed E-state index contributed by atoms with van der Waals surface area (Å²) in [7, 11) is 0. The first-order valence-electron chi connectivity index (χ1n) is 6.00. The molecule has 2 aromatic rings. The summed E-state index contributed by atoms with van der Waals surface area (Å²) in [6, 6.07) is 21.0. The van der Waals surface area contributed by atoms with E-state index < -0.39 is 0 Å². The summed E-state index contributed by atoms with van der Waals surface area (Å²) in [5.41, 5.74) is 0. The highest BCUT2D eigenvalue weighted by Gasteiger charge is 1.90. The zero-order chi connectivity index (χ0) is 12.5. The molecule has 0 nitrogen and oxygen atoms in total. The van der Waals surface area contributed by atoms with Gasteiger partial charge in [0.05, 0.1) is 0 Å². The van der Waals surface area contributed by atoms with Gasteiger partial charge in [0.2, 0.25) is 0 Å². The molecular weight excluding hydrogens is 256 g/mol. The molecular formula is C16H16S2. The molecule has 0 aliphatic heterocycles. The molecule has 92 valence electrons. The summed E-state index contributed by atoms with van der Waals surface area (Å²) in [6.45, 7) is 0. The molecule has 18 heavy (non-hydrogen) atoms. The van der Waals surface area contributed by atoms with Gasteiger partial charge in [-0.3, -0.25) is 0 Å². The van der Waals surface area contributed by atoms with Crippen molar-refractivity contribution in [3.05, 3.63) is 72.1 Å². The van der Waals surface area contributed by atoms with Crippen LogP contribution in [0.15, 0.2) is 81.9 Å². The lowest BCUT2D eigenvalue weighted by Gasteiger charge is -1.98. The molecule has 0 aliphatic rings. The maximum atomic E-state index is 2.24. The summed E-state index contributed by atoms with van der Waals surface area (Å²) in [5, 5.41) is 2.18. The maximum Gasteiger partial charge on any atom is 0.0116 e. The van der Waals surface area contributed by atoms with Crippen LogP contribution in [0.5, 0.6) is 0 Å². The summed E-state index contributed by atoms with van der Waals surface area (Å²) >= 11 is 3.68. The molecule has 0 radical (unpaired) electrons. The van der Waals surface area contributed by atoms with Gasteiger partial charge in [-0.2, -0.15) is 0 Å². The van der Waals surface area contributed by atoms with Crippen LogP contribution in [0.3, 0.4) is 0 Å². The molecule has 2 rings (SSSR count). The molecule has 0 saturated carbocycles. The Morgan fingerprint density at radius 3 is 2.06 bits per heavy atom. The largest absolute Gasteiger partial charge is 0.126 e. The highest BCUT2D eigenvalue weighted by atomic mass is 32.2. The summed E-state index contributed by atoms with van der Waals surface area (Å²) in [6.07, 6.45) is 3.35. The Morgan fingerprint density at radius 2 is 1.39 bits per heavy atom. The molecule has 2 aromatic carbocycles. The molecule has 2 heteroatoms. The normalized spacial score (nSPS) is 10.9. The van der Waals surface area contributed by atoms with Gasteiger partial charge in [-0.15, -0.1) is 11.8 Å². The summed E-state index contributed by atoms with van der Waals surface area (Å²) < 4.78 is 0. The van der Waals surface area contributed by atoms with Gasteiger partial charge < -0.3 is 0 Å². The minimum Gasteiger partial charge on any atom is -0.126 e. The Labute approximate surface area is 118 Å². The van der Waals surface area contributed by atoms with Gasteiger partial charge in [-0.25, -0.2) is 0 Å². The van der Waals surface area contributed by atoms with Crippen molar-refractivity contribution in [1.29, 1.82) is 0 Å². The number of rotatable bonds is 6. The van der Waals surface area contributed by atoms with Crippen molar-refractivity contribution >= 4 is 23.5 Å². The molecule has 0 atom stereocenters. The van der Waals surface area contributed by atoms with Gasteiger partial charge in [0.25, 0.3) is 0 Å². The second kappa shape index (κ2) is 8.06. The average molecular weight is 272 g/mol. The van der Waals surface area contributed by atoms with Crippen LogP contribution in [0, 0.1) is 0 Å². The third-order valence-electron chi connectivity index (χ3n) is 2.34. The third kappa shape index (κ3) is 5.03. The van der Waals surface area contributed by atoms with E-state index in [4.69, 9.17) is 0 Å². The second-order valence-corrected chi connectivity index (χ2v) is 5.90. The van der Waals surface area contributed by atoms with Crippen LogP contribution in [0.25, 0.3) is 0 Å². The van der Waals surface area contributed by atoms with Crippen LogP contribution in [-0.4, -0.2) is 5.75 Å². The van der Waals surface area contributed by atoms with Gasteiger partial charge in [0.15, 0.2) is 0 Å². The zero-order valence-corrected chi connectivity index (χ0v) is 11.8. The van der Waals surface area contributed by atoms with Crippen LogP contribution >= 0.6 is 23.5 Å². The average Bonchev–Trinajstić information content (AvgIpc) is 2.45. The standard InChI is InChI=1S/C16H16S2/c1-3-9-15(10-4-1)17-13-7-8-14-18-16-11-5-2-6-12-16/h1-7,9-13H,8,14H2/b13-7+. The fraction of sp³-hybridized carbons (Fsp3) is 0.125. The minimum absolute atomic E-state index is 1.11. The predicted octanol–water partition coefficient (Wildman–Crippen LogP) is 5.47. The van der Waals surface area contributed by atoms with E-state index in [2.05, 4.69) is 66.1 Å². The van der Waals surface area contributed by atoms with Gasteiger partial charge in [0.1, 0.15) is 0 Å². The van der Waals surface area contributed by atoms with Crippen LogP contribution in [-0.2, 0) is 0 Å². The number of thioether (sulfide) groups is 2. The zero-order valence-electron chi connectivity index (χ0n) is 10.2. The van der Waals surface area contributed by atoms with Crippen LogP contribution in [0.2, 0.25) is 0 Å². The summed E-state index contributed by atoms with van der Waals surface area (Å²) in [5.74, 6) is 1.13. The van der Waals surface area contributed by atoms with Gasteiger partial charge in [0, 0.05) is 15.5 Å². The van der Waals surface area contributed by atoms with Crippen molar-refractivity contribution in [2.75, 3.05) is 5.75 Å². The topological polar surface area (TPSA) is 0 Å². The molecule has 0 N–H and O–H groups in total. The van der Waals surface area contributed by atoms with Crippen molar-refractivity contribution in [1.82, 2.24) is 0 Å². The maximum absolute atomic E-state index is 2.24. The molecule has 0 bridgehead atoms. The Hall–Kier alpha value is -1.12. The van der Waals surface area contributed by atoms with Crippen LogP contribution in [0.1, 0.15) is 6.42 Å². The molecule has 0 aliphatic carbocycles. The first-order chi connectivity index (χ1) is 8.95. The van der Waals surface area contributed by atoms with Gasteiger partial charge >= 0.3 is 0 Å². The van der Waals surface area contributed by atoms with E-state index in [0.29, 0.717) is 0 Å². The van der Waals surface area contributed by atoms with Crippen molar-refractivity contribution in [2.45, 2.75) is 16.2 Å². The molecule has 0 unspecified atom stereocenters. The third-order valence-corrected chi connectivity index (χ3v) is 4.26. The van der Waals surface area contributed by atoms with Gasteiger partial charge in [-0.05, 0) is 36.1 Å². The molecule has 0 saturated heterocycles. The number of benzene rings is 2. The van der Waals surface area contributed by atoms with E-state index in [9.17, 15) is 0 Å². The summed E-state index contributed by atoms with van der Waals surface area (Å²) in [4.78, 5) is 2.64. The monoisotopic (exact) mass is 272 g/mol. The predicted molar refractivity (Wildman–Crippen MR) is 83.2 cm³/mol. The van der Waals surface area contributed by atoms with Crippen molar-refractivity contribution < 1.29 is 0 Å². The molecule has 0 aromatic heterocycles. The number of hydrogen-bond acceptors (Lipinski definition) is 2. The van der Waals surface area contributed by atoms with E-state index in [0.717, 1.165) is 12.2 Å². The van der Waals surface area contributed by atoms with E-state index in [-0.39, 0.29) is 0 Å². The van der Waals surface area contributed by atoms with E-state index in [1.54, 1.807) is 11.8 Å². The fourth-order valence-electron chi connectivity index (χ4n) is 1.46. The first kappa shape index (κ1) is 13.3. The first-order valence-corrected chi connectivity index (χ1v) is 7.86. The Balaban J connectivity index is 1.64. The second-order valence-electron chi connectivity index (χ2n) is 3.75. The molecule has 0 heterocycles. The number of allylic oxidation sites excluding steroid dienone is 1. The SMILES string of the molecule is C(=C\Sc1ccccc1)/CCSc1ccccc1. The van der Waals surface area contributed by atoms with Crippen LogP contribution < -0.4 is 0 Å². The van der Waals surface area contributed by atoms with Crippen molar-refractivity contribution in [3.8, 4) is 0 Å². The lowest BCUT2D eigenvalue weighted by molar-refractivity contribution is 1.24. The number of hydrogen-bond donors (Lipinski definition) is 0. The lowest BCUT2D eigenvalue weighted by atomic mass is 10.4. The van der Waals surface area contributed by atoms with E-state index in [1.165, 1.54) is 9.79 Å². The fourth-order valence-corrected chi connectivity index (χ4v) is 3.00. The minimum atomic E-state index is 1.11. The smallest absolute Gasteiger partial charge is 0.0116 e. The highest BCUT2D eigenvalue weighted by molar-refractivity contribution is 8.02. The van der Waals surface area contributed by atoms with E-state index in [1.807, 2.05) is 17.8 Å². The van der Waals surface area contributed by atoms with Crippen molar-refractivity contribution in [2.24, 2.45) is 0 Å². The van der Waals surface area contributed by atoms with Crippen molar-refractivity contribution in [3.63, 3.8) is 0 Å². The van der Waals surface area contributed by atoms with Crippen LogP contribution in [0.4, 0.5) is 0 Å². The quantitative estimate of drug-likeness (QED) is 0.505. The Morgan fingerprint density at radius 1 is 0.778 bits per heavy atom. The Kier molecular flexibility index (Phi) is 5.97. The molecule has 0 amide bonds. The lowest BCUT2D eigenvalue weighted by Crippen LogP contribution is -1.75. The van der Waals surface area contributed by atoms with E-state index >= 15 is 0 Å². The van der Waals surface area contributed by atoms with Gasteiger partial charge in [-0.1, -0.05) is 54.2 Å². The highest BCUT2D eigenvalue weighted by Crippen LogP contribution is 2.20. The molecule has 0 spiro atoms.